The maximum Gasteiger partial charge on any atom is 0.209 e. The molecule has 0 spiro atoms. The maximum atomic E-state index is 4.85. The van der Waals surface area contributed by atoms with Crippen LogP contribution in [-0.4, -0.2) is 13.2 Å². The van der Waals surface area contributed by atoms with E-state index in [1.54, 1.807) is 0 Å². The Labute approximate surface area is 43.4 Å². The third-order valence-corrected chi connectivity index (χ3v) is 0.910. The monoisotopic (exact) mass is 101 g/mol. The highest BCUT2D eigenvalue weighted by molar-refractivity contribution is 4.44. The molecular weight excluding hydrogens is 92.1 g/mol. The average molecular weight is 101 g/mol. The Bertz CT molecular complexity index is 25.7. The van der Waals surface area contributed by atoms with Crippen molar-refractivity contribution in [1.82, 2.24) is 0 Å². The first-order valence-corrected chi connectivity index (χ1v) is 2.55. The molecule has 0 atom stereocenters. The van der Waals surface area contributed by atoms with Gasteiger partial charge in [-0.25, -0.2) is 0 Å². The summed E-state index contributed by atoms with van der Waals surface area (Å²) < 4.78 is 9.69. The zero-order chi connectivity index (χ0) is 4.95. The topological polar surface area (TPSA) is 18.5 Å². The van der Waals surface area contributed by atoms with Gasteiger partial charge in [-0.2, -0.15) is 0 Å². The van der Waals surface area contributed by atoms with Crippen molar-refractivity contribution in [2.45, 2.75) is 12.8 Å². The highest BCUT2D eigenvalue weighted by atomic mass is 16.7. The van der Waals surface area contributed by atoms with E-state index in [9.17, 15) is 0 Å². The molecule has 41 valence electrons. The first kappa shape index (κ1) is 5.06. The van der Waals surface area contributed by atoms with Gasteiger partial charge in [0.15, 0.2) is 0 Å². The predicted octanol–water partition coefficient (Wildman–Crippen LogP) is 0.933. The molecule has 1 aliphatic rings. The van der Waals surface area contributed by atoms with E-state index in [1.807, 2.05) is 0 Å². The third-order valence-electron chi connectivity index (χ3n) is 0.910. The van der Waals surface area contributed by atoms with Gasteiger partial charge in [-0.05, 0) is 12.8 Å². The van der Waals surface area contributed by atoms with Crippen LogP contribution >= 0.6 is 0 Å². The van der Waals surface area contributed by atoms with Gasteiger partial charge < -0.3 is 9.47 Å². The van der Waals surface area contributed by atoms with Crippen LogP contribution in [0.25, 0.3) is 0 Å². The van der Waals surface area contributed by atoms with Gasteiger partial charge >= 0.3 is 0 Å². The van der Waals surface area contributed by atoms with Crippen molar-refractivity contribution in [2.75, 3.05) is 13.2 Å². The Hall–Kier alpha value is -0.0800. The number of hydrogen-bond donors (Lipinski definition) is 0. The number of hydrogen-bond acceptors (Lipinski definition) is 2. The summed E-state index contributed by atoms with van der Waals surface area (Å²) in [5, 5.41) is 0. The Balaban J connectivity index is 2.04. The molecule has 0 unspecified atom stereocenters. The lowest BCUT2D eigenvalue weighted by Gasteiger charge is -1.91. The molecule has 0 aliphatic carbocycles. The Kier molecular flexibility index (Phi) is 2.17. The lowest BCUT2D eigenvalue weighted by atomic mass is 10.3. The van der Waals surface area contributed by atoms with Gasteiger partial charge in [0.25, 0.3) is 0 Å². The molecule has 0 aromatic heterocycles. The van der Waals surface area contributed by atoms with E-state index in [-0.39, 0.29) is 0 Å². The van der Waals surface area contributed by atoms with Gasteiger partial charge in [-0.3, -0.25) is 0 Å². The van der Waals surface area contributed by atoms with Crippen molar-refractivity contribution in [3.8, 4) is 0 Å². The summed E-state index contributed by atoms with van der Waals surface area (Å²) in [5.41, 5.74) is 0. The molecule has 7 heavy (non-hydrogen) atoms. The van der Waals surface area contributed by atoms with Crippen LogP contribution in [0.2, 0.25) is 0 Å². The average Bonchev–Trinajstić information content (AvgIpc) is 1.90. The standard InChI is InChI=1S/C5H9O2/c1-2-4-7-5-6-3-1/h5H,1-4H2. The molecule has 0 amide bonds. The Morgan fingerprint density at radius 3 is 2.14 bits per heavy atom. The molecule has 0 saturated carbocycles. The zero-order valence-corrected chi connectivity index (χ0v) is 4.22. The van der Waals surface area contributed by atoms with Crippen LogP contribution in [0, 0.1) is 6.79 Å². The van der Waals surface area contributed by atoms with Gasteiger partial charge in [0.1, 0.15) is 0 Å². The fourth-order valence-electron chi connectivity index (χ4n) is 0.515. The summed E-state index contributed by atoms with van der Waals surface area (Å²) >= 11 is 0. The fraction of sp³-hybridized carbons (Fsp3) is 0.800. The molecule has 1 radical (unpaired) electrons. The first-order valence-electron chi connectivity index (χ1n) is 2.55. The Morgan fingerprint density at radius 2 is 1.57 bits per heavy atom. The minimum Gasteiger partial charge on any atom is -0.348 e. The molecule has 2 nitrogen and oxygen atoms in total. The summed E-state index contributed by atoms with van der Waals surface area (Å²) in [5.74, 6) is 0. The molecule has 1 fully saturated rings. The minimum atomic E-state index is 0.819. The molecule has 1 aliphatic heterocycles. The van der Waals surface area contributed by atoms with Gasteiger partial charge in [0.2, 0.25) is 6.79 Å². The molecular formula is C5H9O2. The lowest BCUT2D eigenvalue weighted by Crippen LogP contribution is -1.86. The quantitative estimate of drug-likeness (QED) is 0.452. The molecule has 0 N–H and O–H groups in total. The van der Waals surface area contributed by atoms with Gasteiger partial charge in [0, 0.05) is 0 Å². The van der Waals surface area contributed by atoms with E-state index < -0.39 is 0 Å². The molecule has 0 aromatic carbocycles. The summed E-state index contributed by atoms with van der Waals surface area (Å²) in [6.45, 7) is 3.06. The molecule has 0 aromatic rings. The van der Waals surface area contributed by atoms with E-state index >= 15 is 0 Å². The summed E-state index contributed by atoms with van der Waals surface area (Å²) in [7, 11) is 0. The fourth-order valence-corrected chi connectivity index (χ4v) is 0.515. The van der Waals surface area contributed by atoms with E-state index in [1.165, 1.54) is 6.79 Å². The second kappa shape index (κ2) is 2.99. The lowest BCUT2D eigenvalue weighted by molar-refractivity contribution is 0.0466. The minimum absolute atomic E-state index is 0.819. The molecule has 0 bridgehead atoms. The summed E-state index contributed by atoms with van der Waals surface area (Å²) in [4.78, 5) is 0. The van der Waals surface area contributed by atoms with E-state index in [2.05, 4.69) is 0 Å². The predicted molar refractivity (Wildman–Crippen MR) is 25.4 cm³/mol. The van der Waals surface area contributed by atoms with E-state index in [0.717, 1.165) is 26.1 Å². The van der Waals surface area contributed by atoms with Gasteiger partial charge in [-0.15, -0.1) is 0 Å². The van der Waals surface area contributed by atoms with Crippen molar-refractivity contribution < 1.29 is 9.47 Å². The maximum absolute atomic E-state index is 4.85. The molecule has 1 rings (SSSR count). The Morgan fingerprint density at radius 1 is 1.00 bits per heavy atom. The zero-order valence-electron chi connectivity index (χ0n) is 4.22. The van der Waals surface area contributed by atoms with E-state index in [0.29, 0.717) is 0 Å². The highest BCUT2D eigenvalue weighted by Crippen LogP contribution is 1.99. The van der Waals surface area contributed by atoms with Crippen LogP contribution < -0.4 is 0 Å². The van der Waals surface area contributed by atoms with Crippen LogP contribution in [0.3, 0.4) is 0 Å². The smallest absolute Gasteiger partial charge is 0.209 e. The van der Waals surface area contributed by atoms with Crippen LogP contribution in [0.5, 0.6) is 0 Å². The SMILES string of the molecule is [CH]1OCCCCO1. The molecule has 2 heteroatoms. The van der Waals surface area contributed by atoms with Crippen LogP contribution in [0.1, 0.15) is 12.8 Å². The van der Waals surface area contributed by atoms with Crippen molar-refractivity contribution >= 4 is 0 Å². The van der Waals surface area contributed by atoms with E-state index in [4.69, 9.17) is 9.47 Å². The number of rotatable bonds is 0. The normalized spacial score (nSPS) is 24.0. The van der Waals surface area contributed by atoms with Crippen molar-refractivity contribution in [2.24, 2.45) is 0 Å². The first-order chi connectivity index (χ1) is 3.50. The molecule has 1 heterocycles. The second-order valence-corrected chi connectivity index (χ2v) is 1.54. The second-order valence-electron chi connectivity index (χ2n) is 1.54. The van der Waals surface area contributed by atoms with Crippen molar-refractivity contribution in [1.29, 1.82) is 0 Å². The molecule has 1 saturated heterocycles. The van der Waals surface area contributed by atoms with Gasteiger partial charge in [-0.1, -0.05) is 0 Å². The van der Waals surface area contributed by atoms with Crippen molar-refractivity contribution in [3.05, 3.63) is 6.79 Å². The number of ether oxygens (including phenoxy) is 2. The third kappa shape index (κ3) is 1.90. The summed E-state index contributed by atoms with van der Waals surface area (Å²) in [6.07, 6.45) is 2.24. The van der Waals surface area contributed by atoms with Gasteiger partial charge in [0.05, 0.1) is 13.2 Å². The van der Waals surface area contributed by atoms with Crippen molar-refractivity contribution in [3.63, 3.8) is 0 Å². The van der Waals surface area contributed by atoms with Crippen LogP contribution in [-0.2, 0) is 9.47 Å². The highest BCUT2D eigenvalue weighted by Gasteiger charge is 1.95. The van der Waals surface area contributed by atoms with Crippen LogP contribution in [0.4, 0.5) is 0 Å². The largest absolute Gasteiger partial charge is 0.348 e. The van der Waals surface area contributed by atoms with Crippen LogP contribution in [0.15, 0.2) is 0 Å². The summed E-state index contributed by atoms with van der Waals surface area (Å²) in [6, 6.07) is 0.